The molecule has 2 N–H and O–H groups in total. The Kier molecular flexibility index (Phi) is 4.26. The van der Waals surface area contributed by atoms with Crippen LogP contribution in [0.4, 0.5) is 10.5 Å². The number of nitrogens with one attached hydrogen (secondary N) is 1. The highest BCUT2D eigenvalue weighted by Crippen LogP contribution is 2.28. The SMILES string of the molecule is CC[C@H](C)[C@H]1C(=O)Nc2ccccc2CN1C(=O)N1CC(O)C1. The monoisotopic (exact) mass is 317 g/mol. The first-order valence-corrected chi connectivity index (χ1v) is 8.13. The maximum atomic E-state index is 12.8. The summed E-state index contributed by atoms with van der Waals surface area (Å²) >= 11 is 0. The summed E-state index contributed by atoms with van der Waals surface area (Å²) in [4.78, 5) is 28.8. The largest absolute Gasteiger partial charge is 0.389 e. The van der Waals surface area contributed by atoms with Gasteiger partial charge in [-0.1, -0.05) is 38.5 Å². The number of fused-ring (bicyclic) bond motifs is 1. The number of amides is 3. The highest BCUT2D eigenvalue weighted by Gasteiger charge is 2.41. The van der Waals surface area contributed by atoms with Gasteiger partial charge in [0.05, 0.1) is 25.7 Å². The first-order valence-electron chi connectivity index (χ1n) is 8.13. The number of likely N-dealkylation sites (tertiary alicyclic amines) is 1. The van der Waals surface area contributed by atoms with Crippen LogP contribution in [0.1, 0.15) is 25.8 Å². The van der Waals surface area contributed by atoms with Gasteiger partial charge in [-0.3, -0.25) is 4.79 Å². The summed E-state index contributed by atoms with van der Waals surface area (Å²) in [6.45, 7) is 5.09. The first kappa shape index (κ1) is 15.8. The molecule has 2 aliphatic heterocycles. The second kappa shape index (κ2) is 6.20. The summed E-state index contributed by atoms with van der Waals surface area (Å²) in [5.41, 5.74) is 1.70. The van der Waals surface area contributed by atoms with E-state index in [0.717, 1.165) is 17.7 Å². The molecule has 0 bridgehead atoms. The lowest BCUT2D eigenvalue weighted by molar-refractivity contribution is -0.122. The van der Waals surface area contributed by atoms with Crippen LogP contribution < -0.4 is 5.32 Å². The molecule has 2 aliphatic rings. The van der Waals surface area contributed by atoms with E-state index in [1.807, 2.05) is 38.1 Å². The second-order valence-electron chi connectivity index (χ2n) is 6.45. The molecule has 0 spiro atoms. The highest BCUT2D eigenvalue weighted by molar-refractivity contribution is 5.98. The van der Waals surface area contributed by atoms with E-state index < -0.39 is 12.1 Å². The van der Waals surface area contributed by atoms with Crippen molar-refractivity contribution in [2.45, 2.75) is 39.0 Å². The molecule has 1 saturated heterocycles. The molecule has 0 saturated carbocycles. The Hall–Kier alpha value is -2.08. The minimum Gasteiger partial charge on any atom is -0.389 e. The molecule has 2 heterocycles. The highest BCUT2D eigenvalue weighted by atomic mass is 16.3. The van der Waals surface area contributed by atoms with Gasteiger partial charge in [0, 0.05) is 5.69 Å². The third-order valence-corrected chi connectivity index (χ3v) is 4.78. The minimum absolute atomic E-state index is 0.0551. The number of aliphatic hydroxyl groups is 1. The maximum absolute atomic E-state index is 12.8. The van der Waals surface area contributed by atoms with Gasteiger partial charge in [-0.2, -0.15) is 0 Å². The van der Waals surface area contributed by atoms with Gasteiger partial charge < -0.3 is 20.2 Å². The topological polar surface area (TPSA) is 72.9 Å². The molecular formula is C17H23N3O3. The lowest BCUT2D eigenvalue weighted by Gasteiger charge is -2.42. The van der Waals surface area contributed by atoms with Gasteiger partial charge in [0.25, 0.3) is 0 Å². The Morgan fingerprint density at radius 2 is 2.09 bits per heavy atom. The summed E-state index contributed by atoms with van der Waals surface area (Å²) in [5, 5.41) is 12.4. The van der Waals surface area contributed by atoms with Crippen molar-refractivity contribution in [3.8, 4) is 0 Å². The average Bonchev–Trinajstić information content (AvgIpc) is 2.66. The number of benzene rings is 1. The summed E-state index contributed by atoms with van der Waals surface area (Å²) in [6, 6.07) is 6.90. The zero-order valence-electron chi connectivity index (χ0n) is 13.5. The number of carbonyl (C=O) groups is 2. The van der Waals surface area contributed by atoms with Crippen LogP contribution in [-0.2, 0) is 11.3 Å². The second-order valence-corrected chi connectivity index (χ2v) is 6.45. The third kappa shape index (κ3) is 2.91. The third-order valence-electron chi connectivity index (χ3n) is 4.78. The number of rotatable bonds is 2. The number of nitrogens with zero attached hydrogens (tertiary/aromatic N) is 2. The van der Waals surface area contributed by atoms with E-state index >= 15 is 0 Å². The Morgan fingerprint density at radius 1 is 1.39 bits per heavy atom. The summed E-state index contributed by atoms with van der Waals surface area (Å²) in [5.74, 6) is -0.0850. The van der Waals surface area contributed by atoms with E-state index in [1.165, 1.54) is 0 Å². The van der Waals surface area contributed by atoms with Gasteiger partial charge in [-0.15, -0.1) is 0 Å². The number of hydrogen-bond donors (Lipinski definition) is 2. The summed E-state index contributed by atoms with van der Waals surface area (Å²) < 4.78 is 0. The number of aliphatic hydroxyl groups excluding tert-OH is 1. The van der Waals surface area contributed by atoms with Gasteiger partial charge in [-0.25, -0.2) is 4.79 Å². The molecule has 0 radical (unpaired) electrons. The lowest BCUT2D eigenvalue weighted by atomic mass is 9.96. The fraction of sp³-hybridized carbons (Fsp3) is 0.529. The Balaban J connectivity index is 1.93. The molecule has 2 atom stereocenters. The number of hydrogen-bond acceptors (Lipinski definition) is 3. The molecule has 0 unspecified atom stereocenters. The smallest absolute Gasteiger partial charge is 0.321 e. The van der Waals surface area contributed by atoms with Crippen LogP contribution >= 0.6 is 0 Å². The van der Waals surface area contributed by atoms with Gasteiger partial charge in [-0.05, 0) is 17.5 Å². The fourth-order valence-electron chi connectivity index (χ4n) is 3.18. The predicted octanol–water partition coefficient (Wildman–Crippen LogP) is 1.65. The van der Waals surface area contributed by atoms with E-state index in [1.54, 1.807) is 9.80 Å². The number of β-amino-alcohol motifs (C(OH)–C–C–N with tert-alkyl or cyclic N) is 1. The van der Waals surface area contributed by atoms with Crippen molar-refractivity contribution in [1.29, 1.82) is 0 Å². The van der Waals surface area contributed by atoms with Gasteiger partial charge >= 0.3 is 6.03 Å². The molecule has 6 nitrogen and oxygen atoms in total. The number of anilines is 1. The van der Waals surface area contributed by atoms with Crippen molar-refractivity contribution in [3.05, 3.63) is 29.8 Å². The minimum atomic E-state index is -0.502. The first-order chi connectivity index (χ1) is 11.0. The van der Waals surface area contributed by atoms with Crippen LogP contribution in [0.5, 0.6) is 0 Å². The van der Waals surface area contributed by atoms with Crippen molar-refractivity contribution in [1.82, 2.24) is 9.80 Å². The predicted molar refractivity (Wildman–Crippen MR) is 86.8 cm³/mol. The molecule has 1 aromatic carbocycles. The summed E-state index contributed by atoms with van der Waals surface area (Å²) in [7, 11) is 0. The van der Waals surface area contributed by atoms with Crippen molar-refractivity contribution in [2.24, 2.45) is 5.92 Å². The van der Waals surface area contributed by atoms with Crippen LogP contribution in [0.25, 0.3) is 0 Å². The normalized spacial score (nSPS) is 22.7. The number of carbonyl (C=O) groups excluding carboxylic acids is 2. The summed E-state index contributed by atoms with van der Waals surface area (Å²) in [6.07, 6.45) is 0.356. The van der Waals surface area contributed by atoms with Crippen molar-refractivity contribution in [3.63, 3.8) is 0 Å². The molecule has 1 fully saturated rings. The van der Waals surface area contributed by atoms with Gasteiger partial charge in [0.15, 0.2) is 0 Å². The zero-order chi connectivity index (χ0) is 16.6. The standard InChI is InChI=1S/C17H23N3O3/c1-3-11(2)15-16(22)18-14-7-5-4-6-12(14)8-20(15)17(23)19-9-13(21)10-19/h4-7,11,13,15,21H,3,8-10H2,1-2H3,(H,18,22)/t11-,15-/m0/s1. The molecule has 6 heteroatoms. The van der Waals surface area contributed by atoms with Crippen LogP contribution in [0, 0.1) is 5.92 Å². The average molecular weight is 317 g/mol. The van der Waals surface area contributed by atoms with Crippen LogP contribution in [0.3, 0.4) is 0 Å². The van der Waals surface area contributed by atoms with E-state index in [-0.39, 0.29) is 17.9 Å². The Bertz CT molecular complexity index is 613. The molecule has 124 valence electrons. The zero-order valence-corrected chi connectivity index (χ0v) is 13.5. The Morgan fingerprint density at radius 3 is 2.74 bits per heavy atom. The maximum Gasteiger partial charge on any atom is 0.321 e. The van der Waals surface area contributed by atoms with Crippen molar-refractivity contribution in [2.75, 3.05) is 18.4 Å². The van der Waals surface area contributed by atoms with E-state index in [0.29, 0.717) is 19.6 Å². The van der Waals surface area contributed by atoms with Crippen molar-refractivity contribution < 1.29 is 14.7 Å². The molecule has 0 aromatic heterocycles. The molecule has 3 amide bonds. The molecular weight excluding hydrogens is 294 g/mol. The number of para-hydroxylation sites is 1. The quantitative estimate of drug-likeness (QED) is 0.871. The van der Waals surface area contributed by atoms with E-state index in [2.05, 4.69) is 5.32 Å². The molecule has 3 rings (SSSR count). The molecule has 1 aromatic rings. The number of urea groups is 1. The van der Waals surface area contributed by atoms with Crippen LogP contribution in [0.2, 0.25) is 0 Å². The van der Waals surface area contributed by atoms with E-state index in [4.69, 9.17) is 0 Å². The van der Waals surface area contributed by atoms with Crippen LogP contribution in [0.15, 0.2) is 24.3 Å². The fourth-order valence-corrected chi connectivity index (χ4v) is 3.18. The van der Waals surface area contributed by atoms with Gasteiger partial charge in [0.2, 0.25) is 5.91 Å². The Labute approximate surface area is 136 Å². The molecule has 23 heavy (non-hydrogen) atoms. The lowest BCUT2D eigenvalue weighted by Crippen LogP contribution is -2.60. The van der Waals surface area contributed by atoms with Crippen molar-refractivity contribution >= 4 is 17.6 Å². The van der Waals surface area contributed by atoms with E-state index in [9.17, 15) is 14.7 Å². The van der Waals surface area contributed by atoms with Crippen LogP contribution in [-0.4, -0.2) is 52.1 Å². The molecule has 0 aliphatic carbocycles. The van der Waals surface area contributed by atoms with Gasteiger partial charge in [0.1, 0.15) is 6.04 Å².